The Kier molecular flexibility index (Phi) is 4.97. The van der Waals surface area contributed by atoms with Crippen molar-refractivity contribution in [3.63, 3.8) is 0 Å². The summed E-state index contributed by atoms with van der Waals surface area (Å²) < 4.78 is 13.4. The second kappa shape index (κ2) is 7.74. The van der Waals surface area contributed by atoms with Gasteiger partial charge in [-0.1, -0.05) is 24.3 Å². The van der Waals surface area contributed by atoms with E-state index in [1.165, 1.54) is 12.1 Å². The standard InChI is InChI=1S/C20H19FN8O/c1-29(2)20-25-18(16-13-7-4-8-14(17(22)30)15(13)27-28-16)24-19(26-20)23-10-11-5-3-6-12(21)9-11/h3-9H,10H2,1-2H3,(H2,22,30)(H,27,28)(H,23,24,25,26). The number of para-hydroxylation sites is 1. The number of nitrogens with two attached hydrogens (primary N) is 1. The topological polar surface area (TPSA) is 126 Å². The summed E-state index contributed by atoms with van der Waals surface area (Å²) >= 11 is 0. The lowest BCUT2D eigenvalue weighted by Gasteiger charge is -2.13. The Hall–Kier alpha value is -4.08. The summed E-state index contributed by atoms with van der Waals surface area (Å²) in [6, 6.07) is 11.4. The molecule has 4 N–H and O–H groups in total. The fraction of sp³-hybridized carbons (Fsp3) is 0.150. The third kappa shape index (κ3) is 3.75. The van der Waals surface area contributed by atoms with Crippen LogP contribution < -0.4 is 16.0 Å². The Morgan fingerprint density at radius 1 is 1.17 bits per heavy atom. The van der Waals surface area contributed by atoms with Crippen LogP contribution in [-0.2, 0) is 6.54 Å². The summed E-state index contributed by atoms with van der Waals surface area (Å²) in [5.41, 5.74) is 7.48. The van der Waals surface area contributed by atoms with Crippen LogP contribution in [0.5, 0.6) is 0 Å². The van der Waals surface area contributed by atoms with Crippen molar-refractivity contribution in [2.45, 2.75) is 6.54 Å². The average molecular weight is 406 g/mol. The maximum absolute atomic E-state index is 13.4. The molecule has 4 aromatic rings. The summed E-state index contributed by atoms with van der Waals surface area (Å²) in [5, 5.41) is 10.9. The van der Waals surface area contributed by atoms with E-state index in [1.807, 2.05) is 14.1 Å². The molecule has 0 radical (unpaired) electrons. The van der Waals surface area contributed by atoms with Crippen LogP contribution in [0.2, 0.25) is 0 Å². The molecule has 0 unspecified atom stereocenters. The SMILES string of the molecule is CN(C)c1nc(NCc2cccc(F)c2)nc(-c2[nH]nc3c(C(N)=O)cccc23)n1. The molecular weight excluding hydrogens is 387 g/mol. The number of rotatable bonds is 6. The molecule has 0 aliphatic heterocycles. The van der Waals surface area contributed by atoms with Gasteiger partial charge in [0, 0.05) is 26.0 Å². The highest BCUT2D eigenvalue weighted by atomic mass is 19.1. The Bertz CT molecular complexity index is 1240. The number of benzene rings is 2. The van der Waals surface area contributed by atoms with E-state index in [0.29, 0.717) is 46.4 Å². The molecular formula is C20H19FN8O. The van der Waals surface area contributed by atoms with E-state index in [4.69, 9.17) is 5.73 Å². The number of carbonyl (C=O) groups excluding carboxylic acids is 1. The van der Waals surface area contributed by atoms with Crippen LogP contribution in [0.15, 0.2) is 42.5 Å². The predicted molar refractivity (Wildman–Crippen MR) is 111 cm³/mol. The Morgan fingerprint density at radius 3 is 2.70 bits per heavy atom. The number of fused-ring (bicyclic) bond motifs is 1. The lowest BCUT2D eigenvalue weighted by atomic mass is 10.1. The van der Waals surface area contributed by atoms with Crippen molar-refractivity contribution in [2.75, 3.05) is 24.3 Å². The number of aromatic amines is 1. The van der Waals surface area contributed by atoms with Gasteiger partial charge in [0.25, 0.3) is 5.91 Å². The van der Waals surface area contributed by atoms with E-state index >= 15 is 0 Å². The number of anilines is 2. The number of amides is 1. The normalized spacial score (nSPS) is 10.9. The van der Waals surface area contributed by atoms with Crippen LogP contribution >= 0.6 is 0 Å². The average Bonchev–Trinajstić information content (AvgIpc) is 3.16. The number of hydrogen-bond donors (Lipinski definition) is 3. The van der Waals surface area contributed by atoms with Crippen LogP contribution in [0.1, 0.15) is 15.9 Å². The minimum atomic E-state index is -0.569. The summed E-state index contributed by atoms with van der Waals surface area (Å²) in [5.74, 6) is 0.214. The van der Waals surface area contributed by atoms with Gasteiger partial charge >= 0.3 is 0 Å². The molecule has 0 saturated carbocycles. The van der Waals surface area contributed by atoms with Crippen molar-refractivity contribution in [3.8, 4) is 11.5 Å². The zero-order valence-corrected chi connectivity index (χ0v) is 16.3. The molecule has 1 amide bonds. The first-order chi connectivity index (χ1) is 14.4. The number of hydrogen-bond acceptors (Lipinski definition) is 7. The molecule has 2 aromatic carbocycles. The summed E-state index contributed by atoms with van der Waals surface area (Å²) in [4.78, 5) is 26.8. The van der Waals surface area contributed by atoms with Gasteiger partial charge < -0.3 is 16.0 Å². The second-order valence-corrected chi connectivity index (χ2v) is 6.83. The first-order valence-corrected chi connectivity index (χ1v) is 9.11. The van der Waals surface area contributed by atoms with Gasteiger partial charge in [-0.15, -0.1) is 0 Å². The minimum Gasteiger partial charge on any atom is -0.366 e. The lowest BCUT2D eigenvalue weighted by Crippen LogP contribution is -2.16. The molecule has 0 atom stereocenters. The monoisotopic (exact) mass is 406 g/mol. The molecule has 0 aliphatic carbocycles. The summed E-state index contributed by atoms with van der Waals surface area (Å²) in [7, 11) is 3.62. The number of primary amides is 1. The molecule has 0 aliphatic rings. The Morgan fingerprint density at radius 2 is 1.97 bits per heavy atom. The summed E-state index contributed by atoms with van der Waals surface area (Å²) in [6.07, 6.45) is 0. The molecule has 9 nitrogen and oxygen atoms in total. The van der Waals surface area contributed by atoms with E-state index < -0.39 is 5.91 Å². The van der Waals surface area contributed by atoms with Gasteiger partial charge in [0.2, 0.25) is 11.9 Å². The quantitative estimate of drug-likeness (QED) is 0.449. The highest BCUT2D eigenvalue weighted by Gasteiger charge is 2.17. The van der Waals surface area contributed by atoms with E-state index in [-0.39, 0.29) is 5.82 Å². The van der Waals surface area contributed by atoms with Crippen molar-refractivity contribution < 1.29 is 9.18 Å². The van der Waals surface area contributed by atoms with Gasteiger partial charge in [0.05, 0.1) is 5.56 Å². The van der Waals surface area contributed by atoms with E-state index in [0.717, 1.165) is 5.56 Å². The molecule has 0 saturated heterocycles. The maximum atomic E-state index is 13.4. The third-order valence-corrected chi connectivity index (χ3v) is 4.44. The molecule has 4 rings (SSSR count). The van der Waals surface area contributed by atoms with Gasteiger partial charge in [-0.3, -0.25) is 9.89 Å². The van der Waals surface area contributed by atoms with Crippen LogP contribution in [-0.4, -0.2) is 45.2 Å². The lowest BCUT2D eigenvalue weighted by molar-refractivity contribution is 0.100. The predicted octanol–water partition coefficient (Wildman–Crippen LogP) is 2.33. The van der Waals surface area contributed by atoms with Gasteiger partial charge in [0.1, 0.15) is 17.0 Å². The van der Waals surface area contributed by atoms with Crippen molar-refractivity contribution in [1.29, 1.82) is 0 Å². The number of nitrogens with zero attached hydrogens (tertiary/aromatic N) is 5. The van der Waals surface area contributed by atoms with E-state index in [9.17, 15) is 9.18 Å². The van der Waals surface area contributed by atoms with E-state index in [1.54, 1.807) is 35.2 Å². The smallest absolute Gasteiger partial charge is 0.250 e. The molecule has 0 spiro atoms. The first-order valence-electron chi connectivity index (χ1n) is 9.11. The number of halogens is 1. The van der Waals surface area contributed by atoms with Crippen molar-refractivity contribution >= 4 is 28.7 Å². The molecule has 2 aromatic heterocycles. The van der Waals surface area contributed by atoms with Crippen LogP contribution in [0, 0.1) is 5.82 Å². The molecule has 10 heteroatoms. The largest absolute Gasteiger partial charge is 0.366 e. The van der Waals surface area contributed by atoms with Gasteiger partial charge in [-0.05, 0) is 23.8 Å². The molecule has 2 heterocycles. The number of nitrogens with one attached hydrogen (secondary N) is 2. The highest BCUT2D eigenvalue weighted by molar-refractivity contribution is 6.07. The van der Waals surface area contributed by atoms with Crippen LogP contribution in [0.4, 0.5) is 16.3 Å². The van der Waals surface area contributed by atoms with E-state index in [2.05, 4.69) is 30.5 Å². The molecule has 30 heavy (non-hydrogen) atoms. The van der Waals surface area contributed by atoms with Crippen LogP contribution in [0.25, 0.3) is 22.4 Å². The maximum Gasteiger partial charge on any atom is 0.250 e. The van der Waals surface area contributed by atoms with Crippen molar-refractivity contribution in [2.24, 2.45) is 5.73 Å². The third-order valence-electron chi connectivity index (χ3n) is 4.44. The molecule has 0 bridgehead atoms. The van der Waals surface area contributed by atoms with Gasteiger partial charge in [-0.2, -0.15) is 20.1 Å². The number of aromatic nitrogens is 5. The fourth-order valence-electron chi connectivity index (χ4n) is 2.99. The zero-order valence-electron chi connectivity index (χ0n) is 16.3. The number of carbonyl (C=O) groups is 1. The van der Waals surface area contributed by atoms with Crippen LogP contribution in [0.3, 0.4) is 0 Å². The van der Waals surface area contributed by atoms with Crippen molar-refractivity contribution in [1.82, 2.24) is 25.1 Å². The van der Waals surface area contributed by atoms with Crippen molar-refractivity contribution in [3.05, 3.63) is 59.4 Å². The zero-order chi connectivity index (χ0) is 21.3. The number of H-pyrrole nitrogens is 1. The Balaban J connectivity index is 1.74. The molecule has 152 valence electrons. The Labute approximate surface area is 171 Å². The minimum absolute atomic E-state index is 0.307. The summed E-state index contributed by atoms with van der Waals surface area (Å²) in [6.45, 7) is 0.337. The second-order valence-electron chi connectivity index (χ2n) is 6.83. The van der Waals surface area contributed by atoms with Gasteiger partial charge in [0.15, 0.2) is 5.82 Å². The fourth-order valence-corrected chi connectivity index (χ4v) is 2.99. The first kappa shape index (κ1) is 19.2. The van der Waals surface area contributed by atoms with Gasteiger partial charge in [-0.25, -0.2) is 4.39 Å². The molecule has 0 fully saturated rings. The highest BCUT2D eigenvalue weighted by Crippen LogP contribution is 2.27.